The van der Waals surface area contributed by atoms with Crippen molar-refractivity contribution in [1.29, 1.82) is 0 Å². The van der Waals surface area contributed by atoms with Crippen LogP contribution in [0.4, 0.5) is 0 Å². The highest BCUT2D eigenvalue weighted by atomic mass is 16.5. The summed E-state index contributed by atoms with van der Waals surface area (Å²) >= 11 is 0. The van der Waals surface area contributed by atoms with Crippen LogP contribution in [0.25, 0.3) is 0 Å². The lowest BCUT2D eigenvalue weighted by atomic mass is 9.94. The summed E-state index contributed by atoms with van der Waals surface area (Å²) in [6, 6.07) is 0.0868. The minimum atomic E-state index is -0.362. The van der Waals surface area contributed by atoms with E-state index in [-0.39, 0.29) is 31.0 Å². The predicted molar refractivity (Wildman–Crippen MR) is 78.6 cm³/mol. The van der Waals surface area contributed by atoms with E-state index in [4.69, 9.17) is 5.11 Å². The minimum absolute atomic E-state index is 0.00231. The van der Waals surface area contributed by atoms with E-state index < -0.39 is 0 Å². The molecule has 1 aliphatic heterocycles. The number of piperidine rings is 1. The first kappa shape index (κ1) is 17.9. The number of amides is 2. The van der Waals surface area contributed by atoms with Gasteiger partial charge < -0.3 is 10.0 Å². The minimum Gasteiger partial charge on any atom is -0.396 e. The van der Waals surface area contributed by atoms with Gasteiger partial charge in [-0.15, -0.1) is 0 Å². The van der Waals surface area contributed by atoms with Gasteiger partial charge in [-0.2, -0.15) is 0 Å². The standard InChI is InChI=1S/C15H28N2O4/c1-2-3-6-13(11-16(21)12-19)15(20)17-9-5-4-7-14(17)8-10-18/h12-14,18,21H,2-11H2,1H3/t13-,14?/m1/s1. The molecule has 0 spiro atoms. The first-order valence-electron chi connectivity index (χ1n) is 7.96. The summed E-state index contributed by atoms with van der Waals surface area (Å²) in [4.78, 5) is 25.2. The second-order valence-electron chi connectivity index (χ2n) is 5.76. The number of rotatable bonds is 9. The van der Waals surface area contributed by atoms with Crippen LogP contribution in [0.15, 0.2) is 0 Å². The molecule has 2 N–H and O–H groups in total. The molecule has 0 radical (unpaired) electrons. The van der Waals surface area contributed by atoms with E-state index in [9.17, 15) is 14.8 Å². The lowest BCUT2D eigenvalue weighted by Gasteiger charge is -2.38. The Bertz CT molecular complexity index is 323. The molecule has 0 aromatic rings. The van der Waals surface area contributed by atoms with Crippen molar-refractivity contribution >= 4 is 12.3 Å². The molecular formula is C15H28N2O4. The highest BCUT2D eigenvalue weighted by molar-refractivity contribution is 5.79. The number of aliphatic hydroxyl groups is 1. The molecule has 2 amide bonds. The molecule has 0 bridgehead atoms. The van der Waals surface area contributed by atoms with Crippen molar-refractivity contribution in [2.75, 3.05) is 19.7 Å². The number of carbonyl (C=O) groups excluding carboxylic acids is 2. The Morgan fingerprint density at radius 3 is 2.86 bits per heavy atom. The summed E-state index contributed by atoms with van der Waals surface area (Å²) in [7, 11) is 0. The molecule has 0 aromatic carbocycles. The average Bonchev–Trinajstić information content (AvgIpc) is 2.51. The summed E-state index contributed by atoms with van der Waals surface area (Å²) < 4.78 is 0. The van der Waals surface area contributed by atoms with Gasteiger partial charge in [0.15, 0.2) is 0 Å². The van der Waals surface area contributed by atoms with Crippen LogP contribution < -0.4 is 0 Å². The third-order valence-corrected chi connectivity index (χ3v) is 4.16. The molecule has 0 aliphatic carbocycles. The van der Waals surface area contributed by atoms with Crippen LogP contribution in [-0.4, -0.2) is 58.3 Å². The van der Waals surface area contributed by atoms with Crippen molar-refractivity contribution in [1.82, 2.24) is 9.96 Å². The van der Waals surface area contributed by atoms with Gasteiger partial charge >= 0.3 is 0 Å². The lowest BCUT2D eigenvalue weighted by molar-refractivity contribution is -0.158. The predicted octanol–water partition coefficient (Wildman–Crippen LogP) is 1.40. The third-order valence-electron chi connectivity index (χ3n) is 4.16. The first-order valence-corrected chi connectivity index (χ1v) is 7.96. The number of unbranched alkanes of at least 4 members (excludes halogenated alkanes) is 1. The highest BCUT2D eigenvalue weighted by Gasteiger charge is 2.31. The molecule has 2 atom stereocenters. The van der Waals surface area contributed by atoms with Gasteiger partial charge in [0.2, 0.25) is 12.3 Å². The van der Waals surface area contributed by atoms with E-state index in [1.165, 1.54) is 0 Å². The molecule has 0 saturated carbocycles. The topological polar surface area (TPSA) is 81.1 Å². The number of hydrogen-bond acceptors (Lipinski definition) is 4. The monoisotopic (exact) mass is 300 g/mol. The molecule has 6 nitrogen and oxygen atoms in total. The maximum absolute atomic E-state index is 12.7. The maximum Gasteiger partial charge on any atom is 0.233 e. The van der Waals surface area contributed by atoms with Crippen molar-refractivity contribution in [3.8, 4) is 0 Å². The fraction of sp³-hybridized carbons (Fsp3) is 0.867. The summed E-state index contributed by atoms with van der Waals surface area (Å²) in [5, 5.41) is 19.1. The summed E-state index contributed by atoms with van der Waals surface area (Å²) in [5.41, 5.74) is 0. The smallest absolute Gasteiger partial charge is 0.233 e. The molecule has 1 heterocycles. The number of nitrogens with zero attached hydrogens (tertiary/aromatic N) is 2. The SMILES string of the molecule is CCCC[C@H](CN(O)C=O)C(=O)N1CCCCC1CCO. The molecule has 1 unspecified atom stereocenters. The number of carbonyl (C=O) groups is 2. The van der Waals surface area contributed by atoms with Crippen molar-refractivity contribution in [3.63, 3.8) is 0 Å². The van der Waals surface area contributed by atoms with E-state index in [1.54, 1.807) is 0 Å². The first-order chi connectivity index (χ1) is 10.1. The molecular weight excluding hydrogens is 272 g/mol. The van der Waals surface area contributed by atoms with Crippen LogP contribution in [0.3, 0.4) is 0 Å². The van der Waals surface area contributed by atoms with Crippen molar-refractivity contribution in [3.05, 3.63) is 0 Å². The van der Waals surface area contributed by atoms with Crippen molar-refractivity contribution in [2.45, 2.75) is 57.9 Å². The average molecular weight is 300 g/mol. The number of hydroxylamine groups is 2. The highest BCUT2D eigenvalue weighted by Crippen LogP contribution is 2.23. The Kier molecular flexibility index (Phi) is 8.30. The van der Waals surface area contributed by atoms with Crippen LogP contribution in [0.2, 0.25) is 0 Å². The van der Waals surface area contributed by atoms with E-state index in [2.05, 4.69) is 0 Å². The van der Waals surface area contributed by atoms with Crippen LogP contribution >= 0.6 is 0 Å². The van der Waals surface area contributed by atoms with E-state index in [1.807, 2.05) is 11.8 Å². The Morgan fingerprint density at radius 2 is 2.24 bits per heavy atom. The second-order valence-corrected chi connectivity index (χ2v) is 5.76. The Hall–Kier alpha value is -1.14. The number of likely N-dealkylation sites (tertiary alicyclic amines) is 1. The van der Waals surface area contributed by atoms with E-state index in [0.717, 1.165) is 32.1 Å². The van der Waals surface area contributed by atoms with Crippen molar-refractivity contribution < 1.29 is 19.9 Å². The van der Waals surface area contributed by atoms with Crippen LogP contribution in [0, 0.1) is 5.92 Å². The van der Waals surface area contributed by atoms with Gasteiger partial charge in [-0.3, -0.25) is 14.8 Å². The van der Waals surface area contributed by atoms with Gasteiger partial charge in [0.05, 0.1) is 12.5 Å². The molecule has 0 aromatic heterocycles. The van der Waals surface area contributed by atoms with Gasteiger partial charge in [-0.25, -0.2) is 5.06 Å². The third kappa shape index (κ3) is 5.63. The fourth-order valence-electron chi connectivity index (χ4n) is 2.99. The van der Waals surface area contributed by atoms with E-state index >= 15 is 0 Å². The molecule has 1 fully saturated rings. The number of aliphatic hydroxyl groups excluding tert-OH is 1. The van der Waals surface area contributed by atoms with Gasteiger partial charge in [-0.05, 0) is 32.1 Å². The molecule has 6 heteroatoms. The number of hydrogen-bond donors (Lipinski definition) is 2. The molecule has 1 aliphatic rings. The lowest BCUT2D eigenvalue weighted by Crippen LogP contribution is -2.48. The Morgan fingerprint density at radius 1 is 1.48 bits per heavy atom. The maximum atomic E-state index is 12.7. The fourth-order valence-corrected chi connectivity index (χ4v) is 2.99. The van der Waals surface area contributed by atoms with E-state index in [0.29, 0.717) is 30.9 Å². The van der Waals surface area contributed by atoms with Crippen LogP contribution in [0.5, 0.6) is 0 Å². The summed E-state index contributed by atoms with van der Waals surface area (Å²) in [5.74, 6) is -0.359. The largest absolute Gasteiger partial charge is 0.396 e. The zero-order valence-electron chi connectivity index (χ0n) is 12.9. The molecule has 21 heavy (non-hydrogen) atoms. The normalized spacial score (nSPS) is 20.1. The quantitative estimate of drug-likeness (QED) is 0.383. The van der Waals surface area contributed by atoms with Crippen molar-refractivity contribution in [2.24, 2.45) is 5.92 Å². The van der Waals surface area contributed by atoms with Crippen LogP contribution in [-0.2, 0) is 9.59 Å². The van der Waals surface area contributed by atoms with Gasteiger partial charge in [0.25, 0.3) is 0 Å². The summed E-state index contributed by atoms with van der Waals surface area (Å²) in [6.07, 6.45) is 6.44. The zero-order chi connectivity index (χ0) is 15.7. The second kappa shape index (κ2) is 9.73. The molecule has 1 rings (SSSR count). The zero-order valence-corrected chi connectivity index (χ0v) is 12.9. The molecule has 1 saturated heterocycles. The Labute approximate surface area is 126 Å². The van der Waals surface area contributed by atoms with Crippen LogP contribution in [0.1, 0.15) is 51.9 Å². The summed E-state index contributed by atoms with van der Waals surface area (Å²) in [6.45, 7) is 2.88. The van der Waals surface area contributed by atoms with Gasteiger partial charge in [0.1, 0.15) is 0 Å². The van der Waals surface area contributed by atoms with Gasteiger partial charge in [-0.1, -0.05) is 19.8 Å². The molecule has 122 valence electrons. The Balaban J connectivity index is 2.72. The van der Waals surface area contributed by atoms with Gasteiger partial charge in [0, 0.05) is 19.2 Å².